The Labute approximate surface area is 116 Å². The third-order valence-corrected chi connectivity index (χ3v) is 4.47. The number of hydrogen-bond acceptors (Lipinski definition) is 3. The van der Waals surface area contributed by atoms with Gasteiger partial charge in [-0.2, -0.15) is 0 Å². The predicted octanol–water partition coefficient (Wildman–Crippen LogP) is 1.95. The van der Waals surface area contributed by atoms with Crippen molar-refractivity contribution in [2.24, 2.45) is 5.92 Å². The average Bonchev–Trinajstić information content (AvgIpc) is 2.64. The van der Waals surface area contributed by atoms with Gasteiger partial charge in [-0.05, 0) is 39.5 Å². The van der Waals surface area contributed by atoms with Crippen LogP contribution in [-0.4, -0.2) is 47.3 Å². The van der Waals surface area contributed by atoms with Crippen LogP contribution in [0, 0.1) is 5.92 Å². The molecule has 0 bridgehead atoms. The highest BCUT2D eigenvalue weighted by molar-refractivity contribution is 5.80. The number of rotatable bonds is 3. The molecule has 4 heteroatoms. The first kappa shape index (κ1) is 14.8. The Bertz CT molecular complexity index is 306. The molecule has 4 atom stereocenters. The van der Waals surface area contributed by atoms with Gasteiger partial charge in [0, 0.05) is 19.2 Å². The molecule has 2 saturated heterocycles. The molecule has 0 aliphatic carbocycles. The second kappa shape index (κ2) is 6.71. The van der Waals surface area contributed by atoms with Crippen molar-refractivity contribution in [3.8, 4) is 0 Å². The van der Waals surface area contributed by atoms with E-state index < -0.39 is 0 Å². The molecule has 110 valence electrons. The summed E-state index contributed by atoms with van der Waals surface area (Å²) in [6.07, 6.45) is 5.72. The van der Waals surface area contributed by atoms with Crippen LogP contribution in [0.1, 0.15) is 52.4 Å². The molecular formula is C15H27NO3. The van der Waals surface area contributed by atoms with Gasteiger partial charge in [-0.15, -0.1) is 0 Å². The number of carbonyl (C=O) groups is 1. The van der Waals surface area contributed by atoms with E-state index in [0.29, 0.717) is 13.0 Å². The van der Waals surface area contributed by atoms with Gasteiger partial charge in [-0.25, -0.2) is 0 Å². The number of aliphatic hydroxyl groups excluding tert-OH is 1. The molecule has 0 aromatic heterocycles. The van der Waals surface area contributed by atoms with Crippen LogP contribution in [-0.2, 0) is 9.53 Å². The molecule has 2 aliphatic heterocycles. The number of likely N-dealkylation sites (tertiary alicyclic amines) is 1. The molecule has 0 saturated carbocycles. The van der Waals surface area contributed by atoms with E-state index in [1.165, 1.54) is 6.42 Å². The Balaban J connectivity index is 2.05. The summed E-state index contributed by atoms with van der Waals surface area (Å²) in [5.74, 6) is 0.271. The lowest BCUT2D eigenvalue weighted by molar-refractivity contribution is -0.139. The lowest BCUT2D eigenvalue weighted by Crippen LogP contribution is -2.45. The highest BCUT2D eigenvalue weighted by Crippen LogP contribution is 2.27. The van der Waals surface area contributed by atoms with Crippen molar-refractivity contribution >= 4 is 5.91 Å². The fourth-order valence-corrected chi connectivity index (χ4v) is 3.38. The molecule has 1 amide bonds. The van der Waals surface area contributed by atoms with E-state index in [0.717, 1.165) is 32.2 Å². The standard InChI is InChI=1S/C15H27NO3/c1-11(17)10-13-6-4-3-5-8-16(13)15(18)14-7-9-19-12(14)2/h11-14,17H,3-10H2,1-2H3. The van der Waals surface area contributed by atoms with Gasteiger partial charge in [0.05, 0.1) is 18.1 Å². The normalized spacial score (nSPS) is 34.1. The number of carbonyl (C=O) groups excluding carboxylic acids is 1. The summed E-state index contributed by atoms with van der Waals surface area (Å²) < 4.78 is 5.53. The fraction of sp³-hybridized carbons (Fsp3) is 0.933. The minimum Gasteiger partial charge on any atom is -0.393 e. The van der Waals surface area contributed by atoms with E-state index in [4.69, 9.17) is 4.74 Å². The molecular weight excluding hydrogens is 242 g/mol. The van der Waals surface area contributed by atoms with Gasteiger partial charge in [0.25, 0.3) is 0 Å². The molecule has 0 aromatic rings. The van der Waals surface area contributed by atoms with Gasteiger partial charge in [0.2, 0.25) is 5.91 Å². The number of nitrogens with zero attached hydrogens (tertiary/aromatic N) is 1. The molecule has 2 aliphatic rings. The van der Waals surface area contributed by atoms with E-state index in [-0.39, 0.29) is 30.1 Å². The maximum atomic E-state index is 12.7. The van der Waals surface area contributed by atoms with Gasteiger partial charge in [-0.3, -0.25) is 4.79 Å². The smallest absolute Gasteiger partial charge is 0.228 e. The van der Waals surface area contributed by atoms with Crippen molar-refractivity contribution < 1.29 is 14.6 Å². The Morgan fingerprint density at radius 1 is 1.37 bits per heavy atom. The topological polar surface area (TPSA) is 49.8 Å². The van der Waals surface area contributed by atoms with Gasteiger partial charge in [-0.1, -0.05) is 12.8 Å². The second-order valence-corrected chi connectivity index (χ2v) is 6.09. The number of hydrogen-bond donors (Lipinski definition) is 1. The van der Waals surface area contributed by atoms with Crippen LogP contribution in [0.3, 0.4) is 0 Å². The van der Waals surface area contributed by atoms with Crippen LogP contribution in [0.15, 0.2) is 0 Å². The first-order valence-electron chi connectivity index (χ1n) is 7.69. The Hall–Kier alpha value is -0.610. The van der Waals surface area contributed by atoms with Crippen molar-refractivity contribution in [1.82, 2.24) is 4.90 Å². The van der Waals surface area contributed by atoms with Crippen molar-refractivity contribution in [2.45, 2.75) is 70.6 Å². The summed E-state index contributed by atoms with van der Waals surface area (Å²) in [4.78, 5) is 14.8. The number of aliphatic hydroxyl groups is 1. The van der Waals surface area contributed by atoms with Gasteiger partial charge >= 0.3 is 0 Å². The summed E-state index contributed by atoms with van der Waals surface area (Å²) in [5, 5.41) is 9.65. The lowest BCUT2D eigenvalue weighted by atomic mass is 9.97. The highest BCUT2D eigenvalue weighted by Gasteiger charge is 2.36. The first-order valence-corrected chi connectivity index (χ1v) is 7.69. The second-order valence-electron chi connectivity index (χ2n) is 6.09. The molecule has 0 radical (unpaired) electrons. The van der Waals surface area contributed by atoms with Crippen molar-refractivity contribution in [1.29, 1.82) is 0 Å². The van der Waals surface area contributed by atoms with Crippen LogP contribution < -0.4 is 0 Å². The maximum Gasteiger partial charge on any atom is 0.228 e. The molecule has 1 N–H and O–H groups in total. The van der Waals surface area contributed by atoms with Crippen molar-refractivity contribution in [3.05, 3.63) is 0 Å². The van der Waals surface area contributed by atoms with Gasteiger partial charge < -0.3 is 14.7 Å². The van der Waals surface area contributed by atoms with E-state index in [1.807, 2.05) is 18.7 Å². The van der Waals surface area contributed by atoms with Crippen LogP contribution in [0.2, 0.25) is 0 Å². The highest BCUT2D eigenvalue weighted by atomic mass is 16.5. The minimum absolute atomic E-state index is 0.0228. The first-order chi connectivity index (χ1) is 9.09. The zero-order valence-corrected chi connectivity index (χ0v) is 12.2. The van der Waals surface area contributed by atoms with Crippen LogP contribution >= 0.6 is 0 Å². The van der Waals surface area contributed by atoms with Gasteiger partial charge in [0.1, 0.15) is 0 Å². The van der Waals surface area contributed by atoms with Crippen molar-refractivity contribution in [2.75, 3.05) is 13.2 Å². The van der Waals surface area contributed by atoms with Crippen LogP contribution in [0.5, 0.6) is 0 Å². The third kappa shape index (κ3) is 3.69. The third-order valence-electron chi connectivity index (χ3n) is 4.47. The maximum absolute atomic E-state index is 12.7. The molecule has 2 rings (SSSR count). The molecule has 0 aromatic carbocycles. The summed E-state index contributed by atoms with van der Waals surface area (Å²) in [6, 6.07) is 0.211. The van der Waals surface area contributed by atoms with E-state index >= 15 is 0 Å². The van der Waals surface area contributed by atoms with Crippen LogP contribution in [0.4, 0.5) is 0 Å². The van der Waals surface area contributed by atoms with Gasteiger partial charge in [0.15, 0.2) is 0 Å². The Morgan fingerprint density at radius 3 is 2.79 bits per heavy atom. The lowest BCUT2D eigenvalue weighted by Gasteiger charge is -2.33. The predicted molar refractivity (Wildman–Crippen MR) is 73.8 cm³/mol. The average molecular weight is 269 g/mol. The zero-order chi connectivity index (χ0) is 13.8. The van der Waals surface area contributed by atoms with E-state index in [1.54, 1.807) is 0 Å². The molecule has 4 unspecified atom stereocenters. The monoisotopic (exact) mass is 269 g/mol. The summed E-state index contributed by atoms with van der Waals surface area (Å²) >= 11 is 0. The Morgan fingerprint density at radius 2 is 2.16 bits per heavy atom. The zero-order valence-electron chi connectivity index (χ0n) is 12.2. The SMILES string of the molecule is CC(O)CC1CCCCCN1C(=O)C1CCOC1C. The molecule has 2 fully saturated rings. The summed E-state index contributed by atoms with van der Waals surface area (Å²) in [5.41, 5.74) is 0. The molecule has 0 spiro atoms. The summed E-state index contributed by atoms with van der Waals surface area (Å²) in [6.45, 7) is 5.36. The van der Waals surface area contributed by atoms with E-state index in [2.05, 4.69) is 0 Å². The number of ether oxygens (including phenoxy) is 1. The quantitative estimate of drug-likeness (QED) is 0.852. The fourth-order valence-electron chi connectivity index (χ4n) is 3.38. The van der Waals surface area contributed by atoms with E-state index in [9.17, 15) is 9.90 Å². The van der Waals surface area contributed by atoms with Crippen molar-refractivity contribution in [3.63, 3.8) is 0 Å². The van der Waals surface area contributed by atoms with Crippen LogP contribution in [0.25, 0.3) is 0 Å². The largest absolute Gasteiger partial charge is 0.393 e. The molecule has 2 heterocycles. The summed E-state index contributed by atoms with van der Waals surface area (Å²) in [7, 11) is 0. The molecule has 4 nitrogen and oxygen atoms in total. The minimum atomic E-state index is -0.337. The molecule has 19 heavy (non-hydrogen) atoms. The number of amides is 1. The Kier molecular flexibility index (Phi) is 5.22.